The molecule has 1 fully saturated rings. The molecule has 1 aromatic heterocycles. The molecule has 1 saturated heterocycles. The predicted molar refractivity (Wildman–Crippen MR) is 118 cm³/mol. The zero-order valence-corrected chi connectivity index (χ0v) is 17.7. The molecular weight excluding hydrogens is 398 g/mol. The van der Waals surface area contributed by atoms with E-state index in [0.717, 1.165) is 27.7 Å². The number of hydrogen-bond donors (Lipinski definition) is 1. The van der Waals surface area contributed by atoms with Crippen LogP contribution < -0.4 is 15.0 Å². The van der Waals surface area contributed by atoms with Crippen LogP contribution in [-0.4, -0.2) is 30.5 Å². The molecular formula is C23H23N3O3S. The number of hydrogen-bond acceptors (Lipinski definition) is 5. The zero-order chi connectivity index (χ0) is 21.1. The van der Waals surface area contributed by atoms with Crippen molar-refractivity contribution in [2.75, 3.05) is 18.6 Å². The molecule has 1 aliphatic heterocycles. The van der Waals surface area contributed by atoms with E-state index in [1.54, 1.807) is 23.3 Å². The molecule has 2 heterocycles. The molecule has 0 aliphatic carbocycles. The van der Waals surface area contributed by atoms with Crippen LogP contribution in [0, 0.1) is 12.8 Å². The third-order valence-corrected chi connectivity index (χ3v) is 6.18. The van der Waals surface area contributed by atoms with Crippen molar-refractivity contribution in [1.29, 1.82) is 0 Å². The lowest BCUT2D eigenvalue weighted by atomic mass is 10.1. The molecule has 0 bridgehead atoms. The lowest BCUT2D eigenvalue weighted by Crippen LogP contribution is -2.32. The summed E-state index contributed by atoms with van der Waals surface area (Å²) in [6, 6.07) is 15.4. The number of carbonyl (C=O) groups is 2. The summed E-state index contributed by atoms with van der Waals surface area (Å²) in [5.41, 5.74) is 3.88. The van der Waals surface area contributed by atoms with Gasteiger partial charge >= 0.3 is 0 Å². The molecule has 3 aromatic rings. The van der Waals surface area contributed by atoms with Crippen LogP contribution in [0.15, 0.2) is 53.9 Å². The summed E-state index contributed by atoms with van der Waals surface area (Å²) in [4.78, 5) is 31.4. The van der Waals surface area contributed by atoms with Gasteiger partial charge in [-0.05, 0) is 36.8 Å². The van der Waals surface area contributed by atoms with Crippen LogP contribution in [0.25, 0.3) is 10.6 Å². The van der Waals surface area contributed by atoms with E-state index < -0.39 is 0 Å². The van der Waals surface area contributed by atoms with Crippen LogP contribution in [0.4, 0.5) is 5.69 Å². The SMILES string of the molecule is COc1ccc(N2CC(C(=O)NCc3csc(-c4ccccc4C)n3)CC2=O)cc1. The van der Waals surface area contributed by atoms with Gasteiger partial charge in [0.2, 0.25) is 11.8 Å². The third kappa shape index (κ3) is 4.21. The van der Waals surface area contributed by atoms with Crippen LogP contribution in [0.1, 0.15) is 17.7 Å². The van der Waals surface area contributed by atoms with Gasteiger partial charge < -0.3 is 15.0 Å². The predicted octanol–water partition coefficient (Wildman–Crippen LogP) is 3.80. The fourth-order valence-corrected chi connectivity index (χ4v) is 4.45. The number of aryl methyl sites for hydroxylation is 1. The molecule has 0 saturated carbocycles. The minimum absolute atomic E-state index is 0.0455. The summed E-state index contributed by atoms with van der Waals surface area (Å²) in [5, 5.41) is 5.84. The maximum atomic E-state index is 12.6. The molecule has 2 amide bonds. The topological polar surface area (TPSA) is 71.5 Å². The van der Waals surface area contributed by atoms with Crippen molar-refractivity contribution >= 4 is 28.8 Å². The Morgan fingerprint density at radius 3 is 2.73 bits per heavy atom. The van der Waals surface area contributed by atoms with Gasteiger partial charge in [0.05, 0.1) is 25.3 Å². The van der Waals surface area contributed by atoms with E-state index in [0.29, 0.717) is 13.1 Å². The number of rotatable bonds is 6. The van der Waals surface area contributed by atoms with E-state index in [4.69, 9.17) is 4.74 Å². The minimum atomic E-state index is -0.367. The lowest BCUT2D eigenvalue weighted by Gasteiger charge is -2.17. The quantitative estimate of drug-likeness (QED) is 0.657. The van der Waals surface area contributed by atoms with Crippen molar-refractivity contribution in [3.05, 3.63) is 65.2 Å². The number of aromatic nitrogens is 1. The summed E-state index contributed by atoms with van der Waals surface area (Å²) in [6.45, 7) is 2.79. The van der Waals surface area contributed by atoms with Gasteiger partial charge in [-0.25, -0.2) is 4.98 Å². The van der Waals surface area contributed by atoms with E-state index in [1.807, 2.05) is 41.8 Å². The first-order valence-corrected chi connectivity index (χ1v) is 10.7. The molecule has 1 N–H and O–H groups in total. The second-order valence-electron chi connectivity index (χ2n) is 7.28. The minimum Gasteiger partial charge on any atom is -0.497 e. The Bertz CT molecular complexity index is 1060. The average molecular weight is 422 g/mol. The standard InChI is InChI=1S/C23H23N3O3S/c1-15-5-3-4-6-20(15)23-25-17(14-30-23)12-24-22(28)16-11-21(27)26(13-16)18-7-9-19(29-2)10-8-18/h3-10,14,16H,11-13H2,1-2H3,(H,24,28). The van der Waals surface area contributed by atoms with E-state index >= 15 is 0 Å². The molecule has 0 radical (unpaired) electrons. The Balaban J connectivity index is 1.36. The smallest absolute Gasteiger partial charge is 0.227 e. The Morgan fingerprint density at radius 2 is 2.00 bits per heavy atom. The molecule has 7 heteroatoms. The van der Waals surface area contributed by atoms with Gasteiger partial charge in [0.15, 0.2) is 0 Å². The Kier molecular flexibility index (Phi) is 5.81. The van der Waals surface area contributed by atoms with Gasteiger partial charge in [-0.3, -0.25) is 9.59 Å². The molecule has 1 aliphatic rings. The Hall–Kier alpha value is -3.19. The van der Waals surface area contributed by atoms with Crippen molar-refractivity contribution < 1.29 is 14.3 Å². The van der Waals surface area contributed by atoms with Crippen LogP contribution in [0.3, 0.4) is 0 Å². The number of ether oxygens (including phenoxy) is 1. The highest BCUT2D eigenvalue weighted by molar-refractivity contribution is 7.13. The van der Waals surface area contributed by atoms with Crippen LogP contribution >= 0.6 is 11.3 Å². The van der Waals surface area contributed by atoms with Crippen LogP contribution in [-0.2, 0) is 16.1 Å². The Morgan fingerprint density at radius 1 is 1.23 bits per heavy atom. The number of carbonyl (C=O) groups excluding carboxylic acids is 2. The summed E-state index contributed by atoms with van der Waals surface area (Å²) < 4.78 is 5.16. The average Bonchev–Trinajstić information content (AvgIpc) is 3.39. The Labute approximate surface area is 179 Å². The number of amides is 2. The summed E-state index contributed by atoms with van der Waals surface area (Å²) >= 11 is 1.57. The van der Waals surface area contributed by atoms with Gasteiger partial charge in [-0.2, -0.15) is 0 Å². The first kappa shape index (κ1) is 20.1. The van der Waals surface area contributed by atoms with Crippen LogP contribution in [0.5, 0.6) is 5.75 Å². The molecule has 30 heavy (non-hydrogen) atoms. The van der Waals surface area contributed by atoms with Gasteiger partial charge in [-0.15, -0.1) is 11.3 Å². The van der Waals surface area contributed by atoms with Gasteiger partial charge in [-0.1, -0.05) is 24.3 Å². The second kappa shape index (κ2) is 8.67. The molecule has 1 unspecified atom stereocenters. The fourth-order valence-electron chi connectivity index (χ4n) is 3.54. The summed E-state index contributed by atoms with van der Waals surface area (Å²) in [7, 11) is 1.60. The molecule has 6 nitrogen and oxygen atoms in total. The number of nitrogens with one attached hydrogen (secondary N) is 1. The molecule has 1 atom stereocenters. The summed E-state index contributed by atoms with van der Waals surface area (Å²) in [5.74, 6) is 0.197. The number of methoxy groups -OCH3 is 1. The maximum Gasteiger partial charge on any atom is 0.227 e. The first-order chi connectivity index (χ1) is 14.5. The highest BCUT2D eigenvalue weighted by Crippen LogP contribution is 2.28. The van der Waals surface area contributed by atoms with Crippen molar-refractivity contribution in [3.8, 4) is 16.3 Å². The van der Waals surface area contributed by atoms with Crippen molar-refractivity contribution in [2.24, 2.45) is 5.92 Å². The normalized spacial score (nSPS) is 16.0. The number of anilines is 1. The van der Waals surface area contributed by atoms with Gasteiger partial charge in [0, 0.05) is 29.6 Å². The van der Waals surface area contributed by atoms with E-state index in [-0.39, 0.29) is 24.2 Å². The summed E-state index contributed by atoms with van der Waals surface area (Å²) in [6.07, 6.45) is 0.212. The monoisotopic (exact) mass is 421 g/mol. The molecule has 0 spiro atoms. The van der Waals surface area contributed by atoms with Crippen molar-refractivity contribution in [3.63, 3.8) is 0 Å². The van der Waals surface area contributed by atoms with Crippen molar-refractivity contribution in [2.45, 2.75) is 19.9 Å². The first-order valence-electron chi connectivity index (χ1n) is 9.77. The lowest BCUT2D eigenvalue weighted by molar-refractivity contribution is -0.126. The third-order valence-electron chi connectivity index (χ3n) is 5.25. The fraction of sp³-hybridized carbons (Fsp3) is 0.261. The van der Waals surface area contributed by atoms with E-state index in [9.17, 15) is 9.59 Å². The highest BCUT2D eigenvalue weighted by Gasteiger charge is 2.35. The van der Waals surface area contributed by atoms with E-state index in [2.05, 4.69) is 29.4 Å². The molecule has 4 rings (SSSR count). The largest absolute Gasteiger partial charge is 0.497 e. The van der Waals surface area contributed by atoms with Crippen LogP contribution in [0.2, 0.25) is 0 Å². The van der Waals surface area contributed by atoms with Crippen molar-refractivity contribution in [1.82, 2.24) is 10.3 Å². The second-order valence-corrected chi connectivity index (χ2v) is 8.14. The number of nitrogens with zero attached hydrogens (tertiary/aromatic N) is 2. The van der Waals surface area contributed by atoms with Gasteiger partial charge in [0.1, 0.15) is 10.8 Å². The highest BCUT2D eigenvalue weighted by atomic mass is 32.1. The maximum absolute atomic E-state index is 12.6. The molecule has 154 valence electrons. The number of thiazole rings is 1. The molecule has 2 aromatic carbocycles. The zero-order valence-electron chi connectivity index (χ0n) is 16.9. The van der Waals surface area contributed by atoms with Gasteiger partial charge in [0.25, 0.3) is 0 Å². The van der Waals surface area contributed by atoms with E-state index in [1.165, 1.54) is 5.56 Å². The number of benzene rings is 2.